The molecule has 1 aliphatic carbocycles. The van der Waals surface area contributed by atoms with E-state index in [1.807, 2.05) is 0 Å². The number of rotatable bonds is 5. The average Bonchev–Trinajstić information content (AvgIpc) is 3.16. The van der Waals surface area contributed by atoms with Crippen LogP contribution in [-0.2, 0) is 14.8 Å². The molecule has 0 aromatic heterocycles. The van der Waals surface area contributed by atoms with E-state index < -0.39 is 10.0 Å². The summed E-state index contributed by atoms with van der Waals surface area (Å²) in [5, 5.41) is 12.7. The quantitative estimate of drug-likeness (QED) is 0.798. The predicted octanol–water partition coefficient (Wildman–Crippen LogP) is 2.84. The van der Waals surface area contributed by atoms with E-state index in [4.69, 9.17) is 0 Å². The summed E-state index contributed by atoms with van der Waals surface area (Å²) in [5.74, 6) is 0.574. The molecule has 0 spiro atoms. The molecule has 1 aromatic carbocycles. The van der Waals surface area contributed by atoms with E-state index in [0.29, 0.717) is 31.0 Å². The lowest BCUT2D eigenvalue weighted by molar-refractivity contribution is -0.116. The fraction of sp³-hybridized carbons (Fsp3) is 0.588. The highest BCUT2D eigenvalue weighted by Gasteiger charge is 2.29. The minimum atomic E-state index is -3.28. The largest absolute Gasteiger partial charge is 0.506 e. The lowest BCUT2D eigenvalue weighted by atomic mass is 10.0. The van der Waals surface area contributed by atoms with Gasteiger partial charge in [-0.2, -0.15) is 0 Å². The van der Waals surface area contributed by atoms with Gasteiger partial charge in [0.05, 0.1) is 17.1 Å². The molecule has 0 bridgehead atoms. The number of nitrogens with one attached hydrogen (secondary N) is 1. The standard InChI is InChI=1S/C17H24N2O4S/c20-16-8-7-14(19-10-3-11-24(19,22)23)12-15(16)18-17(21)9-6-13-4-1-2-5-13/h7-8,12-13,20H,1-6,9-11H2,(H,18,21). The van der Waals surface area contributed by atoms with E-state index >= 15 is 0 Å². The maximum Gasteiger partial charge on any atom is 0.235 e. The van der Waals surface area contributed by atoms with Gasteiger partial charge in [-0.3, -0.25) is 9.10 Å². The van der Waals surface area contributed by atoms with Gasteiger partial charge in [-0.05, 0) is 37.0 Å². The Morgan fingerprint density at radius 1 is 1.25 bits per heavy atom. The highest BCUT2D eigenvalue weighted by atomic mass is 32.2. The summed E-state index contributed by atoms with van der Waals surface area (Å²) in [4.78, 5) is 12.1. The number of carbonyl (C=O) groups is 1. The van der Waals surface area contributed by atoms with Crippen LogP contribution in [0.5, 0.6) is 5.75 Å². The number of nitrogens with zero attached hydrogens (tertiary/aromatic N) is 1. The van der Waals surface area contributed by atoms with Gasteiger partial charge in [0.1, 0.15) is 5.75 Å². The molecule has 132 valence electrons. The molecule has 0 atom stereocenters. The van der Waals surface area contributed by atoms with Crippen LogP contribution in [0.15, 0.2) is 18.2 Å². The smallest absolute Gasteiger partial charge is 0.235 e. The van der Waals surface area contributed by atoms with Crippen molar-refractivity contribution >= 4 is 27.3 Å². The molecular weight excluding hydrogens is 328 g/mol. The number of carbonyl (C=O) groups excluding carboxylic acids is 1. The number of aromatic hydroxyl groups is 1. The summed E-state index contributed by atoms with van der Waals surface area (Å²) >= 11 is 0. The summed E-state index contributed by atoms with van der Waals surface area (Å²) < 4.78 is 25.3. The second kappa shape index (κ2) is 7.01. The van der Waals surface area contributed by atoms with Gasteiger partial charge >= 0.3 is 0 Å². The van der Waals surface area contributed by atoms with Gasteiger partial charge < -0.3 is 10.4 Å². The fourth-order valence-electron chi connectivity index (χ4n) is 3.56. The number of phenols is 1. The highest BCUT2D eigenvalue weighted by Crippen LogP contribution is 2.33. The predicted molar refractivity (Wildman–Crippen MR) is 93.7 cm³/mol. The Balaban J connectivity index is 1.66. The summed E-state index contributed by atoms with van der Waals surface area (Å²) in [6.07, 6.45) is 6.77. The molecule has 1 saturated carbocycles. The van der Waals surface area contributed by atoms with Crippen LogP contribution in [0.4, 0.5) is 11.4 Å². The third-order valence-electron chi connectivity index (χ3n) is 4.90. The minimum Gasteiger partial charge on any atom is -0.506 e. The Bertz CT molecular complexity index is 711. The average molecular weight is 352 g/mol. The molecule has 2 N–H and O–H groups in total. The van der Waals surface area contributed by atoms with Crippen molar-refractivity contribution in [2.75, 3.05) is 21.9 Å². The van der Waals surface area contributed by atoms with Gasteiger partial charge in [0.15, 0.2) is 0 Å². The van der Waals surface area contributed by atoms with Crippen LogP contribution in [0, 0.1) is 5.92 Å². The van der Waals surface area contributed by atoms with Gasteiger partial charge in [0.2, 0.25) is 15.9 Å². The molecule has 2 fully saturated rings. The number of hydrogen-bond donors (Lipinski definition) is 2. The molecule has 2 aliphatic rings. The van der Waals surface area contributed by atoms with E-state index in [2.05, 4.69) is 5.32 Å². The van der Waals surface area contributed by atoms with E-state index in [1.54, 1.807) is 6.07 Å². The number of sulfonamides is 1. The highest BCUT2D eigenvalue weighted by molar-refractivity contribution is 7.93. The molecule has 24 heavy (non-hydrogen) atoms. The second-order valence-electron chi connectivity index (χ2n) is 6.68. The number of benzene rings is 1. The zero-order valence-electron chi connectivity index (χ0n) is 13.7. The van der Waals surface area contributed by atoms with Crippen LogP contribution in [0.3, 0.4) is 0 Å². The van der Waals surface area contributed by atoms with Crippen molar-refractivity contribution in [2.24, 2.45) is 5.92 Å². The number of hydrogen-bond acceptors (Lipinski definition) is 4. The first-order valence-corrected chi connectivity index (χ1v) is 10.2. The Kier molecular flexibility index (Phi) is 4.99. The topological polar surface area (TPSA) is 86.7 Å². The second-order valence-corrected chi connectivity index (χ2v) is 8.69. The molecular formula is C17H24N2O4S. The molecule has 3 rings (SSSR count). The van der Waals surface area contributed by atoms with Crippen molar-refractivity contribution in [1.82, 2.24) is 0 Å². The van der Waals surface area contributed by atoms with Crippen LogP contribution in [0.2, 0.25) is 0 Å². The molecule has 1 heterocycles. The Morgan fingerprint density at radius 2 is 2.00 bits per heavy atom. The molecule has 1 saturated heterocycles. The Morgan fingerprint density at radius 3 is 2.67 bits per heavy atom. The molecule has 0 unspecified atom stereocenters. The zero-order valence-corrected chi connectivity index (χ0v) is 14.5. The van der Waals surface area contributed by atoms with Crippen molar-refractivity contribution in [3.63, 3.8) is 0 Å². The Hall–Kier alpha value is -1.76. The van der Waals surface area contributed by atoms with Crippen molar-refractivity contribution in [3.05, 3.63) is 18.2 Å². The maximum atomic E-state index is 12.1. The van der Waals surface area contributed by atoms with Gasteiger partial charge in [-0.1, -0.05) is 25.7 Å². The van der Waals surface area contributed by atoms with Crippen molar-refractivity contribution in [3.8, 4) is 5.75 Å². The number of phenolic OH excluding ortho intramolecular Hbond substituents is 1. The molecule has 1 amide bonds. The van der Waals surface area contributed by atoms with Crippen molar-refractivity contribution < 1.29 is 18.3 Å². The van der Waals surface area contributed by atoms with Gasteiger partial charge in [-0.25, -0.2) is 8.42 Å². The lowest BCUT2D eigenvalue weighted by Crippen LogP contribution is -2.25. The monoisotopic (exact) mass is 352 g/mol. The summed E-state index contributed by atoms with van der Waals surface area (Å²) in [6, 6.07) is 4.52. The first kappa shape index (κ1) is 17.1. The van der Waals surface area contributed by atoms with E-state index in [0.717, 1.165) is 6.42 Å². The van der Waals surface area contributed by atoms with Gasteiger partial charge in [0.25, 0.3) is 0 Å². The number of anilines is 2. The summed E-state index contributed by atoms with van der Waals surface area (Å²) in [5.41, 5.74) is 0.752. The lowest BCUT2D eigenvalue weighted by Gasteiger charge is -2.18. The van der Waals surface area contributed by atoms with Crippen molar-refractivity contribution in [2.45, 2.75) is 44.9 Å². The van der Waals surface area contributed by atoms with Crippen LogP contribution >= 0.6 is 0 Å². The minimum absolute atomic E-state index is 0.0513. The fourth-order valence-corrected chi connectivity index (χ4v) is 5.11. The first-order chi connectivity index (χ1) is 11.5. The summed E-state index contributed by atoms with van der Waals surface area (Å²) in [6.45, 7) is 0.433. The van der Waals surface area contributed by atoms with E-state index in [-0.39, 0.29) is 23.1 Å². The molecule has 1 aliphatic heterocycles. The third kappa shape index (κ3) is 3.83. The molecule has 0 radical (unpaired) electrons. The third-order valence-corrected chi connectivity index (χ3v) is 6.77. The molecule has 1 aromatic rings. The van der Waals surface area contributed by atoms with E-state index in [9.17, 15) is 18.3 Å². The van der Waals surface area contributed by atoms with Gasteiger partial charge in [0, 0.05) is 13.0 Å². The Labute approximate surface area is 142 Å². The molecule has 7 heteroatoms. The van der Waals surface area contributed by atoms with E-state index in [1.165, 1.54) is 42.1 Å². The van der Waals surface area contributed by atoms with Crippen LogP contribution in [-0.4, -0.2) is 31.7 Å². The number of amides is 1. The van der Waals surface area contributed by atoms with Crippen molar-refractivity contribution in [1.29, 1.82) is 0 Å². The van der Waals surface area contributed by atoms with Gasteiger partial charge in [-0.15, -0.1) is 0 Å². The molecule has 6 nitrogen and oxygen atoms in total. The zero-order chi connectivity index (χ0) is 17.2. The van der Waals surface area contributed by atoms with Crippen LogP contribution in [0.25, 0.3) is 0 Å². The SMILES string of the molecule is O=C(CCC1CCCC1)Nc1cc(N2CCCS2(=O)=O)ccc1O. The normalized spacial score (nSPS) is 20.4. The van der Waals surface area contributed by atoms with Crippen LogP contribution in [0.1, 0.15) is 44.9 Å². The maximum absolute atomic E-state index is 12.1. The first-order valence-electron chi connectivity index (χ1n) is 8.59. The summed E-state index contributed by atoms with van der Waals surface area (Å²) in [7, 11) is -3.28. The van der Waals surface area contributed by atoms with Crippen LogP contribution < -0.4 is 9.62 Å².